The van der Waals surface area contributed by atoms with Crippen LogP contribution in [0, 0.1) is 11.8 Å². The molecule has 5 heteroatoms. The van der Waals surface area contributed by atoms with Crippen LogP contribution in [0.3, 0.4) is 0 Å². The predicted octanol–water partition coefficient (Wildman–Crippen LogP) is 2.85. The molecule has 1 aromatic rings. The molecule has 1 heterocycles. The van der Waals surface area contributed by atoms with E-state index in [2.05, 4.69) is 27.5 Å². The zero-order valence-corrected chi connectivity index (χ0v) is 13.1. The van der Waals surface area contributed by atoms with Crippen LogP contribution in [-0.4, -0.2) is 29.0 Å². The lowest BCUT2D eigenvalue weighted by Crippen LogP contribution is -2.28. The number of carbonyl (C=O) groups is 1. The van der Waals surface area contributed by atoms with Crippen LogP contribution in [0.25, 0.3) is 0 Å². The van der Waals surface area contributed by atoms with Crippen molar-refractivity contribution in [3.8, 4) is 0 Å². The topological polar surface area (TPSA) is 66.9 Å². The molecule has 2 rings (SSSR count). The van der Waals surface area contributed by atoms with Gasteiger partial charge in [-0.05, 0) is 25.2 Å². The van der Waals surface area contributed by atoms with Crippen molar-refractivity contribution in [2.45, 2.75) is 46.0 Å². The van der Waals surface area contributed by atoms with Gasteiger partial charge < -0.3 is 10.6 Å². The highest BCUT2D eigenvalue weighted by Crippen LogP contribution is 2.29. The Bertz CT molecular complexity index is 455. The van der Waals surface area contributed by atoms with Crippen molar-refractivity contribution in [1.82, 2.24) is 15.3 Å². The van der Waals surface area contributed by atoms with Gasteiger partial charge in [-0.3, -0.25) is 9.78 Å². The largest absolute Gasteiger partial charge is 0.369 e. The molecule has 1 saturated carbocycles. The van der Waals surface area contributed by atoms with Gasteiger partial charge in [0.05, 0.1) is 12.4 Å². The van der Waals surface area contributed by atoms with Crippen LogP contribution in [0.4, 0.5) is 5.82 Å². The first-order valence-electron chi connectivity index (χ1n) is 8.03. The Morgan fingerprint density at radius 3 is 2.76 bits per heavy atom. The summed E-state index contributed by atoms with van der Waals surface area (Å²) < 4.78 is 0. The highest BCUT2D eigenvalue weighted by molar-refractivity contribution is 5.92. The molecule has 0 bridgehead atoms. The molecule has 0 radical (unpaired) electrons. The molecular weight excluding hydrogens is 264 g/mol. The number of hydrogen-bond donors (Lipinski definition) is 2. The number of anilines is 1. The second kappa shape index (κ2) is 7.96. The Hall–Kier alpha value is -1.65. The van der Waals surface area contributed by atoms with Crippen LogP contribution in [0.1, 0.15) is 56.4 Å². The molecule has 0 atom stereocenters. The normalized spacial score (nSPS) is 21.8. The van der Waals surface area contributed by atoms with Gasteiger partial charge >= 0.3 is 0 Å². The monoisotopic (exact) mass is 290 g/mol. The van der Waals surface area contributed by atoms with E-state index in [1.54, 1.807) is 6.20 Å². The summed E-state index contributed by atoms with van der Waals surface area (Å²) in [6.07, 6.45) is 9.46. The maximum atomic E-state index is 12.1. The highest BCUT2D eigenvalue weighted by atomic mass is 16.1. The molecule has 0 spiro atoms. The number of aromatic nitrogens is 2. The third-order valence-corrected chi connectivity index (χ3v) is 4.20. The van der Waals surface area contributed by atoms with E-state index in [1.165, 1.54) is 31.9 Å². The molecule has 5 nitrogen and oxygen atoms in total. The maximum absolute atomic E-state index is 12.1. The smallest absolute Gasteiger partial charge is 0.271 e. The molecule has 0 aliphatic heterocycles. The number of hydrogen-bond acceptors (Lipinski definition) is 4. The molecule has 1 aliphatic carbocycles. The van der Waals surface area contributed by atoms with E-state index in [4.69, 9.17) is 0 Å². The van der Waals surface area contributed by atoms with Gasteiger partial charge in [-0.15, -0.1) is 0 Å². The first-order chi connectivity index (χ1) is 10.2. The van der Waals surface area contributed by atoms with Gasteiger partial charge in [-0.25, -0.2) is 4.98 Å². The van der Waals surface area contributed by atoms with Gasteiger partial charge in [0.15, 0.2) is 0 Å². The third kappa shape index (κ3) is 4.99. The second-order valence-corrected chi connectivity index (χ2v) is 5.99. The van der Waals surface area contributed by atoms with Crippen LogP contribution >= 0.6 is 0 Å². The van der Waals surface area contributed by atoms with E-state index in [9.17, 15) is 4.79 Å². The van der Waals surface area contributed by atoms with Crippen molar-refractivity contribution in [2.24, 2.45) is 11.8 Å². The summed E-state index contributed by atoms with van der Waals surface area (Å²) in [5, 5.41) is 6.02. The Morgan fingerprint density at radius 2 is 2.05 bits per heavy atom. The Morgan fingerprint density at radius 1 is 1.29 bits per heavy atom. The minimum absolute atomic E-state index is 0.133. The van der Waals surface area contributed by atoms with Crippen molar-refractivity contribution in [3.05, 3.63) is 18.1 Å². The second-order valence-electron chi connectivity index (χ2n) is 5.99. The lowest BCUT2D eigenvalue weighted by atomic mass is 9.81. The van der Waals surface area contributed by atoms with Gasteiger partial charge in [-0.1, -0.05) is 32.6 Å². The van der Waals surface area contributed by atoms with Crippen molar-refractivity contribution >= 4 is 11.7 Å². The molecule has 1 fully saturated rings. The summed E-state index contributed by atoms with van der Waals surface area (Å²) in [5.41, 5.74) is 0.380. The number of carbonyl (C=O) groups excluding carboxylic acids is 1. The number of rotatable bonds is 6. The molecule has 2 N–H and O–H groups in total. The van der Waals surface area contributed by atoms with E-state index in [-0.39, 0.29) is 5.91 Å². The van der Waals surface area contributed by atoms with E-state index in [0.717, 1.165) is 31.3 Å². The van der Waals surface area contributed by atoms with Crippen molar-refractivity contribution in [2.75, 3.05) is 18.4 Å². The fraction of sp³-hybridized carbons (Fsp3) is 0.688. The van der Waals surface area contributed by atoms with Gasteiger partial charge in [-0.2, -0.15) is 0 Å². The molecule has 0 unspecified atom stereocenters. The lowest BCUT2D eigenvalue weighted by molar-refractivity contribution is 0.0944. The predicted molar refractivity (Wildman–Crippen MR) is 84.3 cm³/mol. The summed E-state index contributed by atoms with van der Waals surface area (Å²) in [5.74, 6) is 2.15. The summed E-state index contributed by atoms with van der Waals surface area (Å²) >= 11 is 0. The zero-order valence-electron chi connectivity index (χ0n) is 13.1. The first kappa shape index (κ1) is 15.7. The Kier molecular flexibility index (Phi) is 5.96. The molecule has 1 amide bonds. The average Bonchev–Trinajstić information content (AvgIpc) is 2.50. The third-order valence-electron chi connectivity index (χ3n) is 4.20. The van der Waals surface area contributed by atoms with E-state index in [0.29, 0.717) is 11.5 Å². The SMILES string of the molecule is CCNc1cncc(C(=O)NCCC2CCC(C)CC2)n1. The quantitative estimate of drug-likeness (QED) is 0.845. The standard InChI is InChI=1S/C16H26N4O/c1-3-18-15-11-17-10-14(20-15)16(21)19-9-8-13-6-4-12(2)5-7-13/h10-13H,3-9H2,1-2H3,(H,18,20)(H,19,21). The van der Waals surface area contributed by atoms with Crippen LogP contribution in [0.15, 0.2) is 12.4 Å². The molecule has 1 aromatic heterocycles. The zero-order chi connectivity index (χ0) is 15.1. The van der Waals surface area contributed by atoms with Crippen molar-refractivity contribution in [1.29, 1.82) is 0 Å². The van der Waals surface area contributed by atoms with E-state index in [1.807, 2.05) is 6.92 Å². The minimum atomic E-state index is -0.133. The first-order valence-corrected chi connectivity index (χ1v) is 8.03. The van der Waals surface area contributed by atoms with Crippen molar-refractivity contribution in [3.63, 3.8) is 0 Å². The molecular formula is C16H26N4O. The summed E-state index contributed by atoms with van der Waals surface area (Å²) in [6, 6.07) is 0. The summed E-state index contributed by atoms with van der Waals surface area (Å²) in [4.78, 5) is 20.4. The van der Waals surface area contributed by atoms with Gasteiger partial charge in [0, 0.05) is 13.1 Å². The fourth-order valence-electron chi connectivity index (χ4n) is 2.84. The number of amides is 1. The van der Waals surface area contributed by atoms with Crippen LogP contribution in [-0.2, 0) is 0 Å². The fourth-order valence-corrected chi connectivity index (χ4v) is 2.84. The Labute approximate surface area is 127 Å². The molecule has 116 valence electrons. The number of nitrogens with one attached hydrogen (secondary N) is 2. The number of nitrogens with zero attached hydrogens (tertiary/aromatic N) is 2. The van der Waals surface area contributed by atoms with Crippen LogP contribution < -0.4 is 10.6 Å². The van der Waals surface area contributed by atoms with E-state index < -0.39 is 0 Å². The van der Waals surface area contributed by atoms with Gasteiger partial charge in [0.1, 0.15) is 11.5 Å². The lowest BCUT2D eigenvalue weighted by Gasteiger charge is -2.26. The Balaban J connectivity index is 1.75. The molecule has 1 aliphatic rings. The van der Waals surface area contributed by atoms with Gasteiger partial charge in [0.2, 0.25) is 0 Å². The minimum Gasteiger partial charge on any atom is -0.369 e. The van der Waals surface area contributed by atoms with Crippen molar-refractivity contribution < 1.29 is 4.79 Å². The van der Waals surface area contributed by atoms with Crippen LogP contribution in [0.5, 0.6) is 0 Å². The molecule has 0 aromatic carbocycles. The van der Waals surface area contributed by atoms with Gasteiger partial charge in [0.25, 0.3) is 5.91 Å². The summed E-state index contributed by atoms with van der Waals surface area (Å²) in [6.45, 7) is 5.80. The molecule has 21 heavy (non-hydrogen) atoms. The summed E-state index contributed by atoms with van der Waals surface area (Å²) in [7, 11) is 0. The van der Waals surface area contributed by atoms with Crippen LogP contribution in [0.2, 0.25) is 0 Å². The maximum Gasteiger partial charge on any atom is 0.271 e. The van der Waals surface area contributed by atoms with E-state index >= 15 is 0 Å². The molecule has 0 saturated heterocycles. The highest BCUT2D eigenvalue weighted by Gasteiger charge is 2.18. The average molecular weight is 290 g/mol.